The van der Waals surface area contributed by atoms with Gasteiger partial charge in [-0.2, -0.15) is 13.2 Å². The fourth-order valence-electron chi connectivity index (χ4n) is 3.91. The van der Waals surface area contributed by atoms with Crippen molar-refractivity contribution >= 4 is 23.9 Å². The van der Waals surface area contributed by atoms with E-state index < -0.39 is 66.6 Å². The van der Waals surface area contributed by atoms with Gasteiger partial charge in [0.1, 0.15) is 23.7 Å². The van der Waals surface area contributed by atoms with Gasteiger partial charge in [0.05, 0.1) is 6.61 Å². The Morgan fingerprint density at radius 3 is 1.62 bits per heavy atom. The summed E-state index contributed by atoms with van der Waals surface area (Å²) in [5, 5.41) is 7.47. The van der Waals surface area contributed by atoms with Crippen LogP contribution in [-0.2, 0) is 36.7 Å². The van der Waals surface area contributed by atoms with Crippen molar-refractivity contribution in [1.82, 2.24) is 16.0 Å². The summed E-state index contributed by atoms with van der Waals surface area (Å²) in [6.45, 7) is 6.38. The van der Waals surface area contributed by atoms with Gasteiger partial charge in [-0.1, -0.05) is 60.7 Å². The minimum atomic E-state index is -4.56. The maximum Gasteiger partial charge on any atom is 0.408 e. The van der Waals surface area contributed by atoms with E-state index in [-0.39, 0.29) is 19.4 Å². The molecule has 3 N–H and O–H groups in total. The summed E-state index contributed by atoms with van der Waals surface area (Å²) in [6.07, 6.45) is -7.47. The second kappa shape index (κ2) is 15.8. The van der Waals surface area contributed by atoms with Gasteiger partial charge in [0.15, 0.2) is 0 Å². The van der Waals surface area contributed by atoms with Crippen LogP contribution in [0.15, 0.2) is 60.7 Å². The molecule has 0 spiro atoms. The molecule has 3 amide bonds. The summed E-state index contributed by atoms with van der Waals surface area (Å²) >= 11 is 0. The molecule has 0 heterocycles. The lowest BCUT2D eigenvalue weighted by Gasteiger charge is -2.26. The van der Waals surface area contributed by atoms with Gasteiger partial charge >= 0.3 is 18.2 Å². The number of ether oxygens (including phenoxy) is 2. The quantitative estimate of drug-likeness (QED) is 0.299. The number of amides is 3. The molecular formula is C30H38F3N3O6. The first-order chi connectivity index (χ1) is 19.7. The molecule has 0 aliphatic carbocycles. The number of halogens is 3. The molecule has 0 aliphatic heterocycles. The van der Waals surface area contributed by atoms with Crippen molar-refractivity contribution in [1.29, 1.82) is 0 Å². The second-order valence-electron chi connectivity index (χ2n) is 10.6. The highest BCUT2D eigenvalue weighted by molar-refractivity contribution is 5.93. The molecule has 2 aromatic carbocycles. The van der Waals surface area contributed by atoms with E-state index in [1.54, 1.807) is 81.4 Å². The summed E-state index contributed by atoms with van der Waals surface area (Å²) in [5.41, 5.74) is 0.513. The molecule has 0 aliphatic rings. The number of carbonyl (C=O) groups excluding carboxylic acids is 4. The SMILES string of the molecule is CCOC(=O)C(CCC(F)(F)F)NC(=O)[C@@H](Cc1ccccc1)NC(=O)[C@@H](Cc1ccccc1)NC(=O)OC(C)(C)C. The van der Waals surface area contributed by atoms with E-state index in [0.717, 1.165) is 0 Å². The number of hydrogen-bond donors (Lipinski definition) is 3. The summed E-state index contributed by atoms with van der Waals surface area (Å²) in [5.74, 6) is -2.64. The number of rotatable bonds is 13. The normalized spacial score (nSPS) is 13.7. The lowest BCUT2D eigenvalue weighted by atomic mass is 10.0. The van der Waals surface area contributed by atoms with E-state index in [9.17, 15) is 32.3 Å². The number of benzene rings is 2. The summed E-state index contributed by atoms with van der Waals surface area (Å²) in [4.78, 5) is 51.9. The topological polar surface area (TPSA) is 123 Å². The van der Waals surface area contributed by atoms with Crippen molar-refractivity contribution in [2.45, 2.75) is 83.3 Å². The third-order valence-corrected chi connectivity index (χ3v) is 5.81. The second-order valence-corrected chi connectivity index (χ2v) is 10.6. The van der Waals surface area contributed by atoms with Crippen LogP contribution in [0.5, 0.6) is 0 Å². The van der Waals surface area contributed by atoms with E-state index >= 15 is 0 Å². The molecule has 2 rings (SSSR count). The summed E-state index contributed by atoms with van der Waals surface area (Å²) in [7, 11) is 0. The van der Waals surface area contributed by atoms with Crippen molar-refractivity contribution in [2.75, 3.05) is 6.61 Å². The molecule has 42 heavy (non-hydrogen) atoms. The fraction of sp³-hybridized carbons (Fsp3) is 0.467. The summed E-state index contributed by atoms with van der Waals surface area (Å²) < 4.78 is 49.0. The average molecular weight is 594 g/mol. The van der Waals surface area contributed by atoms with Crippen LogP contribution >= 0.6 is 0 Å². The Bertz CT molecular complexity index is 1170. The average Bonchev–Trinajstić information content (AvgIpc) is 2.89. The molecule has 0 aromatic heterocycles. The van der Waals surface area contributed by atoms with Gasteiger partial charge in [0.2, 0.25) is 11.8 Å². The van der Waals surface area contributed by atoms with Crippen molar-refractivity contribution in [3.63, 3.8) is 0 Å². The van der Waals surface area contributed by atoms with Gasteiger partial charge in [-0.05, 0) is 45.2 Å². The lowest BCUT2D eigenvalue weighted by molar-refractivity contribution is -0.152. The molecule has 0 bridgehead atoms. The highest BCUT2D eigenvalue weighted by Crippen LogP contribution is 2.22. The summed E-state index contributed by atoms with van der Waals surface area (Å²) in [6, 6.07) is 13.4. The van der Waals surface area contributed by atoms with Crippen LogP contribution in [0.1, 0.15) is 51.7 Å². The first kappa shape index (κ1) is 34.1. The number of carbonyl (C=O) groups is 4. The van der Waals surface area contributed by atoms with Crippen molar-refractivity contribution in [3.05, 3.63) is 71.8 Å². The maximum absolute atomic E-state index is 13.5. The molecule has 9 nitrogen and oxygen atoms in total. The molecule has 12 heteroatoms. The zero-order valence-corrected chi connectivity index (χ0v) is 24.1. The van der Waals surface area contributed by atoms with Crippen molar-refractivity contribution in [3.8, 4) is 0 Å². The van der Waals surface area contributed by atoms with Crippen LogP contribution in [0.25, 0.3) is 0 Å². The van der Waals surface area contributed by atoms with Gasteiger partial charge in [-0.25, -0.2) is 9.59 Å². The monoisotopic (exact) mass is 593 g/mol. The van der Waals surface area contributed by atoms with Crippen LogP contribution in [0, 0.1) is 0 Å². The Morgan fingerprint density at radius 1 is 0.738 bits per heavy atom. The first-order valence-electron chi connectivity index (χ1n) is 13.6. The maximum atomic E-state index is 13.5. The number of hydrogen-bond acceptors (Lipinski definition) is 6. The van der Waals surface area contributed by atoms with Crippen molar-refractivity contribution < 1.29 is 41.8 Å². The minimum absolute atomic E-state index is 0.0439. The van der Waals surface area contributed by atoms with Crippen LogP contribution in [0.3, 0.4) is 0 Å². The van der Waals surface area contributed by atoms with E-state index in [1.165, 1.54) is 6.92 Å². The zero-order valence-electron chi connectivity index (χ0n) is 24.1. The lowest BCUT2D eigenvalue weighted by Crippen LogP contribution is -2.57. The van der Waals surface area contributed by atoms with Crippen LogP contribution in [0.4, 0.5) is 18.0 Å². The molecule has 0 saturated carbocycles. The van der Waals surface area contributed by atoms with E-state index in [4.69, 9.17) is 9.47 Å². The molecule has 230 valence electrons. The third-order valence-electron chi connectivity index (χ3n) is 5.81. The first-order valence-corrected chi connectivity index (χ1v) is 13.6. The van der Waals surface area contributed by atoms with E-state index in [0.29, 0.717) is 11.1 Å². The van der Waals surface area contributed by atoms with Crippen molar-refractivity contribution in [2.24, 2.45) is 0 Å². The molecular weight excluding hydrogens is 555 g/mol. The van der Waals surface area contributed by atoms with Gasteiger partial charge < -0.3 is 25.4 Å². The van der Waals surface area contributed by atoms with Crippen LogP contribution < -0.4 is 16.0 Å². The number of alkyl carbamates (subject to hydrolysis) is 1. The molecule has 0 saturated heterocycles. The number of alkyl halides is 3. The Hall–Kier alpha value is -4.09. The fourth-order valence-corrected chi connectivity index (χ4v) is 3.91. The Balaban J connectivity index is 2.32. The molecule has 2 aromatic rings. The van der Waals surface area contributed by atoms with Gasteiger partial charge in [0, 0.05) is 19.3 Å². The Kier molecular flexibility index (Phi) is 12.8. The molecule has 0 radical (unpaired) electrons. The highest BCUT2D eigenvalue weighted by atomic mass is 19.4. The smallest absolute Gasteiger partial charge is 0.408 e. The standard InChI is InChI=1S/C30H38F3N3O6/c1-5-41-27(39)22(16-17-30(31,32)33)34-25(37)23(18-20-12-8-6-9-13-20)35-26(38)24(19-21-14-10-7-11-15-21)36-28(40)42-29(2,3)4/h6-15,22-24H,5,16-19H2,1-4H3,(H,34,37)(H,35,38)(H,36,40)/t22?,23-,24-/m1/s1. The predicted molar refractivity (Wildman–Crippen MR) is 149 cm³/mol. The largest absolute Gasteiger partial charge is 0.464 e. The Labute approximate surface area is 243 Å². The number of nitrogens with one attached hydrogen (secondary N) is 3. The molecule has 3 atom stereocenters. The minimum Gasteiger partial charge on any atom is -0.464 e. The van der Waals surface area contributed by atoms with Crippen LogP contribution in [-0.4, -0.2) is 60.4 Å². The van der Waals surface area contributed by atoms with Crippen LogP contribution in [0.2, 0.25) is 0 Å². The van der Waals surface area contributed by atoms with Gasteiger partial charge in [0.25, 0.3) is 0 Å². The Morgan fingerprint density at radius 2 is 1.19 bits per heavy atom. The molecule has 0 fully saturated rings. The zero-order chi connectivity index (χ0) is 31.3. The van der Waals surface area contributed by atoms with Gasteiger partial charge in [-0.3, -0.25) is 9.59 Å². The van der Waals surface area contributed by atoms with Gasteiger partial charge in [-0.15, -0.1) is 0 Å². The number of esters is 1. The third kappa shape index (κ3) is 13.0. The van der Waals surface area contributed by atoms with E-state index in [2.05, 4.69) is 16.0 Å². The van der Waals surface area contributed by atoms with E-state index in [1.807, 2.05) is 0 Å². The molecule has 1 unspecified atom stereocenters. The highest BCUT2D eigenvalue weighted by Gasteiger charge is 2.34. The predicted octanol–water partition coefficient (Wildman–Crippen LogP) is 4.24.